The standard InChI is InChI=1S/C14H15ClO3S/c1-8-4-7-11(19-8)13(16)9-5-6-10(17-2)12(15)14(9)18-3/h4-7,13,16H,1-3H3. The van der Waals surface area contributed by atoms with E-state index in [0.717, 1.165) is 9.75 Å². The molecule has 0 bridgehead atoms. The van der Waals surface area contributed by atoms with Crippen molar-refractivity contribution in [1.29, 1.82) is 0 Å². The Morgan fingerprint density at radius 2 is 1.89 bits per heavy atom. The van der Waals surface area contributed by atoms with Gasteiger partial charge in [-0.3, -0.25) is 0 Å². The summed E-state index contributed by atoms with van der Waals surface area (Å²) in [6.45, 7) is 2.00. The molecular weight excluding hydrogens is 284 g/mol. The summed E-state index contributed by atoms with van der Waals surface area (Å²) < 4.78 is 10.4. The van der Waals surface area contributed by atoms with E-state index in [9.17, 15) is 5.11 Å². The number of aryl methyl sites for hydroxylation is 1. The zero-order valence-electron chi connectivity index (χ0n) is 10.9. The number of hydrogen-bond donors (Lipinski definition) is 1. The van der Waals surface area contributed by atoms with E-state index in [2.05, 4.69) is 0 Å². The molecule has 0 aliphatic carbocycles. The Morgan fingerprint density at radius 3 is 2.42 bits per heavy atom. The third kappa shape index (κ3) is 2.71. The van der Waals surface area contributed by atoms with Crippen molar-refractivity contribution in [3.05, 3.63) is 44.6 Å². The Bertz CT molecular complexity index is 580. The molecule has 1 atom stereocenters. The quantitative estimate of drug-likeness (QED) is 0.933. The van der Waals surface area contributed by atoms with Gasteiger partial charge in [0.1, 0.15) is 22.6 Å². The first-order chi connectivity index (χ1) is 9.08. The summed E-state index contributed by atoms with van der Waals surface area (Å²) in [6, 6.07) is 7.37. The first-order valence-corrected chi connectivity index (χ1v) is 6.92. The van der Waals surface area contributed by atoms with Crippen molar-refractivity contribution in [2.24, 2.45) is 0 Å². The second-order valence-corrected chi connectivity index (χ2v) is 5.75. The third-order valence-corrected chi connectivity index (χ3v) is 4.25. The summed E-state index contributed by atoms with van der Waals surface area (Å²) in [6.07, 6.45) is -0.753. The number of halogens is 1. The molecule has 0 saturated heterocycles. The van der Waals surface area contributed by atoms with Crippen LogP contribution >= 0.6 is 22.9 Å². The van der Waals surface area contributed by atoms with Crippen LogP contribution in [-0.4, -0.2) is 19.3 Å². The number of ether oxygens (including phenoxy) is 2. The highest BCUT2D eigenvalue weighted by atomic mass is 35.5. The molecule has 1 unspecified atom stereocenters. The molecule has 1 heterocycles. The minimum absolute atomic E-state index is 0.370. The molecule has 0 amide bonds. The molecule has 0 spiro atoms. The largest absolute Gasteiger partial charge is 0.495 e. The molecule has 1 aromatic carbocycles. The predicted molar refractivity (Wildman–Crippen MR) is 77.7 cm³/mol. The van der Waals surface area contributed by atoms with Gasteiger partial charge in [0.05, 0.1) is 14.2 Å². The zero-order chi connectivity index (χ0) is 14.0. The van der Waals surface area contributed by atoms with Crippen molar-refractivity contribution < 1.29 is 14.6 Å². The van der Waals surface area contributed by atoms with Crippen LogP contribution in [0.3, 0.4) is 0 Å². The van der Waals surface area contributed by atoms with Crippen molar-refractivity contribution in [1.82, 2.24) is 0 Å². The van der Waals surface area contributed by atoms with Crippen LogP contribution in [0.1, 0.15) is 21.4 Å². The highest BCUT2D eigenvalue weighted by Crippen LogP contribution is 2.41. The van der Waals surface area contributed by atoms with E-state index >= 15 is 0 Å². The molecule has 2 aromatic rings. The predicted octanol–water partition coefficient (Wildman–Crippen LogP) is 3.81. The van der Waals surface area contributed by atoms with Crippen LogP contribution < -0.4 is 9.47 Å². The van der Waals surface area contributed by atoms with Crippen LogP contribution in [-0.2, 0) is 0 Å². The van der Waals surface area contributed by atoms with E-state index in [1.54, 1.807) is 30.6 Å². The van der Waals surface area contributed by atoms with Gasteiger partial charge in [0, 0.05) is 15.3 Å². The molecule has 0 fully saturated rings. The van der Waals surface area contributed by atoms with Crippen LogP contribution in [0.2, 0.25) is 5.02 Å². The number of aliphatic hydroxyl groups excluding tert-OH is 1. The number of methoxy groups -OCH3 is 2. The number of rotatable bonds is 4. The highest BCUT2D eigenvalue weighted by Gasteiger charge is 2.21. The van der Waals surface area contributed by atoms with Gasteiger partial charge in [-0.2, -0.15) is 0 Å². The lowest BCUT2D eigenvalue weighted by molar-refractivity contribution is 0.218. The third-order valence-electron chi connectivity index (χ3n) is 2.84. The lowest BCUT2D eigenvalue weighted by atomic mass is 10.1. The SMILES string of the molecule is COc1ccc(C(O)c2ccc(C)s2)c(OC)c1Cl. The molecule has 102 valence electrons. The first kappa shape index (κ1) is 14.2. The van der Waals surface area contributed by atoms with E-state index in [1.165, 1.54) is 7.11 Å². The van der Waals surface area contributed by atoms with Crippen molar-refractivity contribution in [3.8, 4) is 11.5 Å². The lowest BCUT2D eigenvalue weighted by Gasteiger charge is -2.16. The molecule has 3 nitrogen and oxygen atoms in total. The molecule has 1 N–H and O–H groups in total. The number of aliphatic hydroxyl groups is 1. The van der Waals surface area contributed by atoms with Crippen molar-refractivity contribution in [3.63, 3.8) is 0 Å². The summed E-state index contributed by atoms with van der Waals surface area (Å²) in [5, 5.41) is 10.8. The summed E-state index contributed by atoms with van der Waals surface area (Å²) in [5.41, 5.74) is 0.634. The fourth-order valence-corrected chi connectivity index (χ4v) is 3.10. The fourth-order valence-electron chi connectivity index (χ4n) is 1.89. The molecule has 0 aliphatic rings. The summed E-state index contributed by atoms with van der Waals surface area (Å²) in [5.74, 6) is 0.969. The first-order valence-electron chi connectivity index (χ1n) is 5.73. The van der Waals surface area contributed by atoms with Crippen LogP contribution in [0.5, 0.6) is 11.5 Å². The smallest absolute Gasteiger partial charge is 0.147 e. The van der Waals surface area contributed by atoms with Gasteiger partial charge in [0.25, 0.3) is 0 Å². The van der Waals surface area contributed by atoms with Crippen molar-refractivity contribution >= 4 is 22.9 Å². The van der Waals surface area contributed by atoms with Crippen molar-refractivity contribution in [2.45, 2.75) is 13.0 Å². The zero-order valence-corrected chi connectivity index (χ0v) is 12.5. The average Bonchev–Trinajstić information content (AvgIpc) is 2.84. The van der Waals surface area contributed by atoms with Gasteiger partial charge in [-0.05, 0) is 31.2 Å². The van der Waals surface area contributed by atoms with Gasteiger partial charge in [-0.1, -0.05) is 11.6 Å². The second-order valence-electron chi connectivity index (χ2n) is 4.06. The summed E-state index contributed by atoms with van der Waals surface area (Å²) in [4.78, 5) is 2.00. The molecular formula is C14H15ClO3S. The van der Waals surface area contributed by atoms with E-state index in [0.29, 0.717) is 22.1 Å². The topological polar surface area (TPSA) is 38.7 Å². The van der Waals surface area contributed by atoms with E-state index in [1.807, 2.05) is 19.1 Å². The minimum Gasteiger partial charge on any atom is -0.495 e. The van der Waals surface area contributed by atoms with Gasteiger partial charge in [-0.25, -0.2) is 0 Å². The molecule has 19 heavy (non-hydrogen) atoms. The number of hydrogen-bond acceptors (Lipinski definition) is 4. The Morgan fingerprint density at radius 1 is 1.16 bits per heavy atom. The summed E-state index contributed by atoms with van der Waals surface area (Å²) in [7, 11) is 3.07. The average molecular weight is 299 g/mol. The monoisotopic (exact) mass is 298 g/mol. The van der Waals surface area contributed by atoms with Crippen LogP contribution in [0, 0.1) is 6.92 Å². The van der Waals surface area contributed by atoms with E-state index in [4.69, 9.17) is 21.1 Å². The maximum atomic E-state index is 10.4. The Labute approximate surface area is 121 Å². The van der Waals surface area contributed by atoms with Crippen LogP contribution in [0.25, 0.3) is 0 Å². The van der Waals surface area contributed by atoms with E-state index < -0.39 is 6.10 Å². The molecule has 5 heteroatoms. The van der Waals surface area contributed by atoms with E-state index in [-0.39, 0.29) is 0 Å². The van der Waals surface area contributed by atoms with Gasteiger partial charge in [-0.15, -0.1) is 11.3 Å². The lowest BCUT2D eigenvalue weighted by Crippen LogP contribution is -2.02. The molecule has 0 saturated carbocycles. The van der Waals surface area contributed by atoms with Crippen LogP contribution in [0.4, 0.5) is 0 Å². The Kier molecular flexibility index (Phi) is 4.34. The number of benzene rings is 1. The molecule has 0 aliphatic heterocycles. The van der Waals surface area contributed by atoms with Gasteiger partial charge in [0.15, 0.2) is 0 Å². The van der Waals surface area contributed by atoms with Gasteiger partial charge >= 0.3 is 0 Å². The second kappa shape index (κ2) is 5.82. The van der Waals surface area contributed by atoms with Crippen LogP contribution in [0.15, 0.2) is 24.3 Å². The summed E-state index contributed by atoms with van der Waals surface area (Å²) >= 11 is 7.74. The molecule has 1 aromatic heterocycles. The maximum Gasteiger partial charge on any atom is 0.147 e. The van der Waals surface area contributed by atoms with Gasteiger partial charge < -0.3 is 14.6 Å². The minimum atomic E-state index is -0.753. The van der Waals surface area contributed by atoms with Gasteiger partial charge in [0.2, 0.25) is 0 Å². The maximum absolute atomic E-state index is 10.4. The molecule has 2 rings (SSSR count). The highest BCUT2D eigenvalue weighted by molar-refractivity contribution is 7.12. The Balaban J connectivity index is 2.47. The van der Waals surface area contributed by atoms with Crippen molar-refractivity contribution in [2.75, 3.05) is 14.2 Å². The fraction of sp³-hybridized carbons (Fsp3) is 0.286. The normalized spacial score (nSPS) is 12.3. The number of thiophene rings is 1. The Hall–Kier alpha value is -1.23. The molecule has 0 radical (unpaired) electrons.